The monoisotopic (exact) mass is 416 g/mol. The van der Waals surface area contributed by atoms with Gasteiger partial charge < -0.3 is 24.3 Å². The number of nitrogens with one attached hydrogen (secondary N) is 2. The Morgan fingerprint density at radius 2 is 1.53 bits per heavy atom. The van der Waals surface area contributed by atoms with E-state index >= 15 is 0 Å². The third-order valence-electron chi connectivity index (χ3n) is 3.52. The van der Waals surface area contributed by atoms with Crippen LogP contribution in [0, 0.1) is 0 Å². The Balaban J connectivity index is 1.76. The zero-order valence-corrected chi connectivity index (χ0v) is 16.8. The van der Waals surface area contributed by atoms with Gasteiger partial charge in [-0.25, -0.2) is 9.59 Å². The van der Waals surface area contributed by atoms with Gasteiger partial charge in [-0.2, -0.15) is 0 Å². The highest BCUT2D eigenvalue weighted by molar-refractivity contribution is 6.02. The molecular formula is C21H24N2O7. The van der Waals surface area contributed by atoms with Gasteiger partial charge in [0.1, 0.15) is 5.75 Å². The summed E-state index contributed by atoms with van der Waals surface area (Å²) in [5, 5.41) is 4.57. The number of hydrogen-bond acceptors (Lipinski definition) is 7. The van der Waals surface area contributed by atoms with Crippen molar-refractivity contribution in [1.82, 2.24) is 5.32 Å². The van der Waals surface area contributed by atoms with Gasteiger partial charge in [0.25, 0.3) is 5.91 Å². The summed E-state index contributed by atoms with van der Waals surface area (Å²) in [6, 6.07) is 12.8. The van der Waals surface area contributed by atoms with Gasteiger partial charge in [0.05, 0.1) is 13.2 Å². The van der Waals surface area contributed by atoms with E-state index in [4.69, 9.17) is 18.9 Å². The molecule has 0 saturated heterocycles. The van der Waals surface area contributed by atoms with Gasteiger partial charge >= 0.3 is 12.0 Å². The molecule has 0 atom stereocenters. The van der Waals surface area contributed by atoms with Crippen molar-refractivity contribution in [3.8, 4) is 17.2 Å². The molecule has 30 heavy (non-hydrogen) atoms. The molecule has 0 heterocycles. The van der Waals surface area contributed by atoms with Crippen molar-refractivity contribution in [3.63, 3.8) is 0 Å². The van der Waals surface area contributed by atoms with Crippen LogP contribution in [-0.2, 0) is 14.3 Å². The molecule has 2 aromatic carbocycles. The lowest BCUT2D eigenvalue weighted by Crippen LogP contribution is -2.37. The molecule has 160 valence electrons. The molecule has 0 radical (unpaired) electrons. The average molecular weight is 416 g/mol. The molecule has 0 aliphatic carbocycles. The Kier molecular flexibility index (Phi) is 8.98. The Bertz CT molecular complexity index is 856. The zero-order valence-electron chi connectivity index (χ0n) is 16.8. The van der Waals surface area contributed by atoms with Crippen molar-refractivity contribution >= 4 is 23.6 Å². The fraction of sp³-hybridized carbons (Fsp3) is 0.286. The number of benzene rings is 2. The van der Waals surface area contributed by atoms with Crippen LogP contribution in [0.5, 0.6) is 17.2 Å². The smallest absolute Gasteiger partial charge is 0.344 e. The minimum atomic E-state index is -0.781. The van der Waals surface area contributed by atoms with E-state index < -0.39 is 24.5 Å². The number of carbonyl (C=O) groups excluding carboxylic acids is 3. The van der Waals surface area contributed by atoms with Crippen LogP contribution >= 0.6 is 0 Å². The number of esters is 1. The molecule has 0 aliphatic rings. The highest BCUT2D eigenvalue weighted by Gasteiger charge is 2.13. The Hall–Kier alpha value is -3.75. The molecule has 9 heteroatoms. The predicted molar refractivity (Wildman–Crippen MR) is 109 cm³/mol. The Morgan fingerprint density at radius 3 is 2.23 bits per heavy atom. The number of rotatable bonds is 10. The average Bonchev–Trinajstić information content (AvgIpc) is 2.73. The molecule has 0 saturated carbocycles. The standard InChI is InChI=1S/C21H24N2O7/c1-3-27-17-11-10-15(12-18(17)28-4-2)22-21(26)23-19(24)13-30-20(25)14-29-16-8-6-5-7-9-16/h5-12H,3-4,13-14H2,1-2H3,(H2,22,23,24,26). The van der Waals surface area contributed by atoms with E-state index in [-0.39, 0.29) is 6.61 Å². The highest BCUT2D eigenvalue weighted by Crippen LogP contribution is 2.30. The van der Waals surface area contributed by atoms with Gasteiger partial charge in [-0.1, -0.05) is 18.2 Å². The minimum Gasteiger partial charge on any atom is -0.490 e. The SMILES string of the molecule is CCOc1ccc(NC(=O)NC(=O)COC(=O)COc2ccccc2)cc1OCC. The van der Waals surface area contributed by atoms with Crippen LogP contribution in [0.2, 0.25) is 0 Å². The molecule has 9 nitrogen and oxygen atoms in total. The van der Waals surface area contributed by atoms with E-state index in [1.54, 1.807) is 42.5 Å². The summed E-state index contributed by atoms with van der Waals surface area (Å²) in [5.41, 5.74) is 0.403. The Morgan fingerprint density at radius 1 is 0.833 bits per heavy atom. The van der Waals surface area contributed by atoms with E-state index in [2.05, 4.69) is 10.6 Å². The number of carbonyl (C=O) groups is 3. The number of ether oxygens (including phenoxy) is 4. The van der Waals surface area contributed by atoms with E-state index in [0.717, 1.165) is 0 Å². The van der Waals surface area contributed by atoms with E-state index in [0.29, 0.717) is 36.1 Å². The van der Waals surface area contributed by atoms with E-state index in [1.807, 2.05) is 19.9 Å². The summed E-state index contributed by atoms with van der Waals surface area (Å²) < 4.78 is 20.9. The molecule has 2 rings (SSSR count). The predicted octanol–water partition coefficient (Wildman–Crippen LogP) is 2.75. The summed E-state index contributed by atoms with van der Waals surface area (Å²) in [7, 11) is 0. The summed E-state index contributed by atoms with van der Waals surface area (Å²) in [6.07, 6.45) is 0. The first kappa shape index (κ1) is 22.5. The molecule has 2 aromatic rings. The number of amides is 3. The fourth-order valence-electron chi connectivity index (χ4n) is 2.30. The lowest BCUT2D eigenvalue weighted by Gasteiger charge is -2.13. The molecule has 0 unspecified atom stereocenters. The van der Waals surface area contributed by atoms with Gasteiger partial charge in [0.2, 0.25) is 0 Å². The van der Waals surface area contributed by atoms with Crippen LogP contribution in [0.4, 0.5) is 10.5 Å². The minimum absolute atomic E-state index is 0.351. The van der Waals surface area contributed by atoms with Gasteiger partial charge in [-0.05, 0) is 38.1 Å². The topological polar surface area (TPSA) is 112 Å². The van der Waals surface area contributed by atoms with Crippen LogP contribution in [0.1, 0.15) is 13.8 Å². The first-order valence-electron chi connectivity index (χ1n) is 9.35. The van der Waals surface area contributed by atoms with Crippen molar-refractivity contribution in [2.45, 2.75) is 13.8 Å². The molecule has 0 aromatic heterocycles. The third kappa shape index (κ3) is 7.70. The van der Waals surface area contributed by atoms with Gasteiger partial charge in [-0.15, -0.1) is 0 Å². The first-order valence-corrected chi connectivity index (χ1v) is 9.35. The number of para-hydroxylation sites is 1. The largest absolute Gasteiger partial charge is 0.490 e. The highest BCUT2D eigenvalue weighted by atomic mass is 16.6. The van der Waals surface area contributed by atoms with Gasteiger partial charge in [0, 0.05) is 11.8 Å². The molecule has 2 N–H and O–H groups in total. The normalized spacial score (nSPS) is 9.93. The van der Waals surface area contributed by atoms with E-state index in [9.17, 15) is 14.4 Å². The van der Waals surface area contributed by atoms with E-state index in [1.165, 1.54) is 0 Å². The third-order valence-corrected chi connectivity index (χ3v) is 3.52. The fourth-order valence-corrected chi connectivity index (χ4v) is 2.30. The van der Waals surface area contributed by atoms with Gasteiger partial charge in [0.15, 0.2) is 24.7 Å². The number of hydrogen-bond donors (Lipinski definition) is 2. The van der Waals surface area contributed by atoms with Crippen LogP contribution in [0.25, 0.3) is 0 Å². The summed E-state index contributed by atoms with van der Waals surface area (Å²) >= 11 is 0. The molecule has 0 aliphatic heterocycles. The lowest BCUT2D eigenvalue weighted by molar-refractivity contribution is -0.150. The van der Waals surface area contributed by atoms with Crippen LogP contribution in [0.3, 0.4) is 0 Å². The second kappa shape index (κ2) is 11.9. The maximum Gasteiger partial charge on any atom is 0.344 e. The second-order valence-electron chi connectivity index (χ2n) is 5.79. The molecule has 0 bridgehead atoms. The van der Waals surface area contributed by atoms with Crippen LogP contribution in [0.15, 0.2) is 48.5 Å². The summed E-state index contributed by atoms with van der Waals surface area (Å²) in [4.78, 5) is 35.4. The lowest BCUT2D eigenvalue weighted by atomic mass is 10.2. The van der Waals surface area contributed by atoms with Gasteiger partial charge in [-0.3, -0.25) is 10.1 Å². The number of urea groups is 1. The van der Waals surface area contributed by atoms with Crippen LogP contribution in [-0.4, -0.2) is 44.3 Å². The number of anilines is 1. The maximum atomic E-state index is 12.0. The maximum absolute atomic E-state index is 12.0. The Labute approximate surface area is 174 Å². The molecule has 3 amide bonds. The zero-order chi connectivity index (χ0) is 21.8. The first-order chi connectivity index (χ1) is 14.5. The van der Waals surface area contributed by atoms with Crippen molar-refractivity contribution in [2.24, 2.45) is 0 Å². The summed E-state index contributed by atoms with van der Waals surface area (Å²) in [6.45, 7) is 3.60. The van der Waals surface area contributed by atoms with Crippen molar-refractivity contribution in [3.05, 3.63) is 48.5 Å². The van der Waals surface area contributed by atoms with Crippen molar-refractivity contribution in [2.75, 3.05) is 31.7 Å². The molecule has 0 fully saturated rings. The quantitative estimate of drug-likeness (QED) is 0.573. The summed E-state index contributed by atoms with van der Waals surface area (Å²) in [5.74, 6) is 0.000655. The van der Waals surface area contributed by atoms with Crippen molar-refractivity contribution in [1.29, 1.82) is 0 Å². The van der Waals surface area contributed by atoms with Crippen molar-refractivity contribution < 1.29 is 33.3 Å². The molecular weight excluding hydrogens is 392 g/mol. The number of imide groups is 1. The van der Waals surface area contributed by atoms with Crippen LogP contribution < -0.4 is 24.8 Å². The molecule has 0 spiro atoms. The second-order valence-corrected chi connectivity index (χ2v) is 5.79.